The molecule has 0 radical (unpaired) electrons. The molecule has 0 bridgehead atoms. The highest BCUT2D eigenvalue weighted by atomic mass is 32.2. The number of aryl methyl sites for hydroxylation is 1. The second kappa shape index (κ2) is 10.9. The predicted octanol–water partition coefficient (Wildman–Crippen LogP) is 0.678. The van der Waals surface area contributed by atoms with Gasteiger partial charge in [-0.25, -0.2) is 13.4 Å². The highest BCUT2D eigenvalue weighted by Crippen LogP contribution is 2.21. The zero-order chi connectivity index (χ0) is 23.8. The lowest BCUT2D eigenvalue weighted by molar-refractivity contribution is -0.139. The van der Waals surface area contributed by atoms with Crippen molar-refractivity contribution in [2.24, 2.45) is 5.16 Å². The summed E-state index contributed by atoms with van der Waals surface area (Å²) in [7, 11) is -4.16. The Morgan fingerprint density at radius 2 is 2.00 bits per heavy atom. The molecule has 0 aliphatic carbocycles. The summed E-state index contributed by atoms with van der Waals surface area (Å²) < 4.78 is 27.5. The van der Waals surface area contributed by atoms with E-state index in [0.717, 1.165) is 12.1 Å². The van der Waals surface area contributed by atoms with Crippen LogP contribution < -0.4 is 15.8 Å². The van der Waals surface area contributed by atoms with E-state index in [1.54, 1.807) is 12.1 Å². The molecule has 3 atom stereocenters. The Morgan fingerprint density at radius 1 is 1.24 bits per heavy atom. The molecule has 1 aromatic carbocycles. The van der Waals surface area contributed by atoms with Crippen LogP contribution in [0.2, 0.25) is 0 Å². The van der Waals surface area contributed by atoms with Gasteiger partial charge in [0, 0.05) is 12.1 Å². The van der Waals surface area contributed by atoms with Crippen LogP contribution in [0.25, 0.3) is 0 Å². The quantitative estimate of drug-likeness (QED) is 0.324. The molecule has 2 heterocycles. The topological polar surface area (TPSA) is 173 Å². The van der Waals surface area contributed by atoms with Crippen molar-refractivity contribution in [3.05, 3.63) is 54.2 Å². The number of rotatable bonds is 12. The van der Waals surface area contributed by atoms with E-state index in [0.29, 0.717) is 25.1 Å². The molecule has 0 spiro atoms. The minimum atomic E-state index is -4.16. The van der Waals surface area contributed by atoms with Gasteiger partial charge in [0.25, 0.3) is 0 Å². The third-order valence-corrected chi connectivity index (χ3v) is 6.54. The van der Waals surface area contributed by atoms with Crippen LogP contribution in [-0.4, -0.2) is 54.8 Å². The summed E-state index contributed by atoms with van der Waals surface area (Å²) in [6.45, 7) is 0. The van der Waals surface area contributed by atoms with E-state index in [-0.39, 0.29) is 23.1 Å². The molecule has 33 heavy (non-hydrogen) atoms. The number of aliphatic carboxylic acids is 1. The van der Waals surface area contributed by atoms with E-state index < -0.39 is 28.1 Å². The standard InChI is InChI=1S/C21H25N5O6S/c22-18-11-5-7-14(24-18)6-4-8-15-12-17(25-32-15)19(23-13-27)20(21(28)29)26-33(30,31)16-9-2-1-3-10-16/h1-3,5,7,9-11,13,15,19-20,26H,4,6,8,12H2,(H2,22,24)(H,23,27)(H,28,29). The molecular formula is C21H25N5O6S. The number of pyridine rings is 1. The van der Waals surface area contributed by atoms with Gasteiger partial charge in [0.15, 0.2) is 0 Å². The van der Waals surface area contributed by atoms with Crippen molar-refractivity contribution < 1.29 is 28.0 Å². The fraction of sp³-hybridized carbons (Fsp3) is 0.333. The number of oxime groups is 1. The van der Waals surface area contributed by atoms with Crippen molar-refractivity contribution in [1.82, 2.24) is 15.0 Å². The van der Waals surface area contributed by atoms with E-state index in [2.05, 4.69) is 20.2 Å². The van der Waals surface area contributed by atoms with Gasteiger partial charge >= 0.3 is 5.97 Å². The maximum absolute atomic E-state index is 12.7. The SMILES string of the molecule is Nc1cccc(CCCC2CC(C(NC=O)C(NS(=O)(=O)c3ccccc3)C(=O)O)=NO2)n1. The van der Waals surface area contributed by atoms with Gasteiger partial charge in [-0.3, -0.25) is 9.59 Å². The molecule has 1 aromatic heterocycles. The molecule has 0 saturated heterocycles. The third-order valence-electron chi connectivity index (χ3n) is 5.08. The molecule has 1 aliphatic heterocycles. The average Bonchev–Trinajstić information content (AvgIpc) is 3.25. The number of nitrogens with two attached hydrogens (primary N) is 1. The first kappa shape index (κ1) is 24.1. The summed E-state index contributed by atoms with van der Waals surface area (Å²) >= 11 is 0. The molecule has 12 heteroatoms. The van der Waals surface area contributed by atoms with Gasteiger partial charge in [0.05, 0.1) is 16.6 Å². The summed E-state index contributed by atoms with van der Waals surface area (Å²) in [5.74, 6) is -1.02. The highest BCUT2D eigenvalue weighted by molar-refractivity contribution is 7.89. The van der Waals surface area contributed by atoms with Crippen LogP contribution in [0.15, 0.2) is 58.6 Å². The van der Waals surface area contributed by atoms with Crippen molar-refractivity contribution in [3.63, 3.8) is 0 Å². The first-order chi connectivity index (χ1) is 15.8. The monoisotopic (exact) mass is 475 g/mol. The van der Waals surface area contributed by atoms with E-state index in [4.69, 9.17) is 10.6 Å². The van der Waals surface area contributed by atoms with Crippen LogP contribution in [-0.2, 0) is 30.9 Å². The van der Waals surface area contributed by atoms with E-state index >= 15 is 0 Å². The van der Waals surface area contributed by atoms with Crippen molar-refractivity contribution in [2.75, 3.05) is 5.73 Å². The first-order valence-corrected chi connectivity index (χ1v) is 11.7. The number of sulfonamides is 1. The van der Waals surface area contributed by atoms with Crippen molar-refractivity contribution in [2.45, 2.75) is 48.8 Å². The fourth-order valence-electron chi connectivity index (χ4n) is 3.49. The third kappa shape index (κ3) is 6.49. The highest BCUT2D eigenvalue weighted by Gasteiger charge is 2.38. The first-order valence-electron chi connectivity index (χ1n) is 10.2. The lowest BCUT2D eigenvalue weighted by Crippen LogP contribution is -2.57. The number of aromatic nitrogens is 1. The number of nitrogen functional groups attached to an aromatic ring is 1. The minimum absolute atomic E-state index is 0.0984. The minimum Gasteiger partial charge on any atom is -0.480 e. The number of benzene rings is 1. The summed E-state index contributed by atoms with van der Waals surface area (Å²) in [4.78, 5) is 32.7. The molecule has 0 fully saturated rings. The van der Waals surface area contributed by atoms with Gasteiger partial charge in [-0.15, -0.1) is 0 Å². The molecule has 0 saturated carbocycles. The van der Waals surface area contributed by atoms with Crippen LogP contribution in [0.4, 0.5) is 5.82 Å². The van der Waals surface area contributed by atoms with Gasteiger partial charge in [-0.2, -0.15) is 4.72 Å². The fourth-order valence-corrected chi connectivity index (χ4v) is 4.71. The Balaban J connectivity index is 1.65. The van der Waals surface area contributed by atoms with Crippen molar-refractivity contribution in [1.29, 1.82) is 0 Å². The van der Waals surface area contributed by atoms with E-state index in [1.807, 2.05) is 12.1 Å². The maximum atomic E-state index is 12.7. The molecular weight excluding hydrogens is 450 g/mol. The van der Waals surface area contributed by atoms with Gasteiger partial charge < -0.3 is 21.0 Å². The number of hydrogen-bond donors (Lipinski definition) is 4. The molecule has 2 aromatic rings. The summed E-state index contributed by atoms with van der Waals surface area (Å²) in [5, 5.41) is 16.0. The number of carbonyl (C=O) groups excluding carboxylic acids is 1. The van der Waals surface area contributed by atoms with Crippen LogP contribution in [0.1, 0.15) is 25.0 Å². The Bertz CT molecular complexity index is 1110. The van der Waals surface area contributed by atoms with Crippen LogP contribution in [0.5, 0.6) is 0 Å². The zero-order valence-electron chi connectivity index (χ0n) is 17.6. The molecule has 1 amide bonds. The van der Waals surface area contributed by atoms with Crippen molar-refractivity contribution >= 4 is 33.9 Å². The number of anilines is 1. The maximum Gasteiger partial charge on any atom is 0.324 e. The second-order valence-corrected chi connectivity index (χ2v) is 9.19. The Morgan fingerprint density at radius 3 is 2.67 bits per heavy atom. The number of carboxylic acids is 1. The molecule has 11 nitrogen and oxygen atoms in total. The number of amides is 1. The van der Waals surface area contributed by atoms with Gasteiger partial charge in [0.1, 0.15) is 18.0 Å². The Labute approximate surface area is 191 Å². The summed E-state index contributed by atoms with van der Waals surface area (Å²) in [5.41, 5.74) is 6.76. The largest absolute Gasteiger partial charge is 0.480 e. The normalized spacial score (nSPS) is 17.5. The number of carbonyl (C=O) groups is 2. The Hall–Kier alpha value is -3.51. The zero-order valence-corrected chi connectivity index (χ0v) is 18.4. The number of carboxylic acid groups (broad SMARTS) is 1. The number of hydrogen-bond acceptors (Lipinski definition) is 8. The number of nitrogens with one attached hydrogen (secondary N) is 2. The van der Waals surface area contributed by atoms with Crippen LogP contribution >= 0.6 is 0 Å². The molecule has 1 aliphatic rings. The smallest absolute Gasteiger partial charge is 0.324 e. The van der Waals surface area contributed by atoms with Gasteiger partial charge in [0.2, 0.25) is 16.4 Å². The van der Waals surface area contributed by atoms with E-state index in [9.17, 15) is 23.1 Å². The number of nitrogens with zero attached hydrogens (tertiary/aromatic N) is 2. The van der Waals surface area contributed by atoms with Crippen LogP contribution in [0, 0.1) is 0 Å². The summed E-state index contributed by atoms with van der Waals surface area (Å²) in [6, 6.07) is 9.84. The lowest BCUT2D eigenvalue weighted by Gasteiger charge is -2.23. The summed E-state index contributed by atoms with van der Waals surface area (Å²) in [6.07, 6.45) is 2.21. The van der Waals surface area contributed by atoms with E-state index in [1.165, 1.54) is 24.3 Å². The molecule has 3 unspecified atom stereocenters. The predicted molar refractivity (Wildman–Crippen MR) is 120 cm³/mol. The van der Waals surface area contributed by atoms with Crippen LogP contribution in [0.3, 0.4) is 0 Å². The lowest BCUT2D eigenvalue weighted by atomic mass is 9.97. The molecule has 5 N–H and O–H groups in total. The molecule has 176 valence electrons. The average molecular weight is 476 g/mol. The second-order valence-electron chi connectivity index (χ2n) is 7.47. The van der Waals surface area contributed by atoms with Gasteiger partial charge in [-0.1, -0.05) is 29.4 Å². The Kier molecular flexibility index (Phi) is 7.96. The van der Waals surface area contributed by atoms with Gasteiger partial charge in [-0.05, 0) is 43.5 Å². The van der Waals surface area contributed by atoms with Crippen molar-refractivity contribution in [3.8, 4) is 0 Å². The molecule has 3 rings (SSSR count).